The van der Waals surface area contributed by atoms with Crippen molar-refractivity contribution in [3.8, 4) is 0 Å². The smallest absolute Gasteiger partial charge is 0.258 e. The van der Waals surface area contributed by atoms with Crippen molar-refractivity contribution in [3.63, 3.8) is 0 Å². The van der Waals surface area contributed by atoms with E-state index in [0.717, 1.165) is 24.1 Å². The third-order valence-corrected chi connectivity index (χ3v) is 3.34. The molecule has 0 unspecified atom stereocenters. The standard InChI is InChI=1S/C16H14FNO/c17-14-7-3-1-6-13(14)16(19)18-15-8-4-2-5-12(15)11-9-10-11/h1-8,11H,9-10H2,(H,18,19). The van der Waals surface area contributed by atoms with Gasteiger partial charge in [-0.15, -0.1) is 0 Å². The third-order valence-electron chi connectivity index (χ3n) is 3.34. The lowest BCUT2D eigenvalue weighted by Gasteiger charge is -2.10. The number of nitrogens with one attached hydrogen (secondary N) is 1. The fourth-order valence-electron chi connectivity index (χ4n) is 2.20. The molecule has 0 saturated heterocycles. The molecule has 19 heavy (non-hydrogen) atoms. The Labute approximate surface area is 111 Å². The number of rotatable bonds is 3. The van der Waals surface area contributed by atoms with Crippen LogP contribution < -0.4 is 5.32 Å². The predicted molar refractivity (Wildman–Crippen MR) is 72.8 cm³/mol. The van der Waals surface area contributed by atoms with E-state index in [-0.39, 0.29) is 5.56 Å². The molecule has 0 atom stereocenters. The van der Waals surface area contributed by atoms with Crippen molar-refractivity contribution >= 4 is 11.6 Å². The van der Waals surface area contributed by atoms with Crippen LogP contribution in [0.25, 0.3) is 0 Å². The lowest BCUT2D eigenvalue weighted by molar-refractivity contribution is 0.102. The van der Waals surface area contributed by atoms with Crippen molar-refractivity contribution in [1.82, 2.24) is 0 Å². The SMILES string of the molecule is O=C(Nc1ccccc1C1CC1)c1ccccc1F. The molecule has 3 heteroatoms. The lowest BCUT2D eigenvalue weighted by Crippen LogP contribution is -2.14. The summed E-state index contributed by atoms with van der Waals surface area (Å²) in [7, 11) is 0. The van der Waals surface area contributed by atoms with Gasteiger partial charge in [-0.1, -0.05) is 30.3 Å². The number of amides is 1. The van der Waals surface area contributed by atoms with Crippen molar-refractivity contribution < 1.29 is 9.18 Å². The van der Waals surface area contributed by atoms with E-state index in [1.165, 1.54) is 12.1 Å². The minimum Gasteiger partial charge on any atom is -0.322 e. The Balaban J connectivity index is 1.86. The second-order valence-corrected chi connectivity index (χ2v) is 4.80. The second-order valence-electron chi connectivity index (χ2n) is 4.80. The van der Waals surface area contributed by atoms with Crippen molar-refractivity contribution in [3.05, 3.63) is 65.5 Å². The number of carbonyl (C=O) groups is 1. The maximum atomic E-state index is 13.6. The summed E-state index contributed by atoms with van der Waals surface area (Å²) < 4.78 is 13.6. The third kappa shape index (κ3) is 2.50. The van der Waals surface area contributed by atoms with Gasteiger partial charge in [-0.3, -0.25) is 4.79 Å². The Hall–Kier alpha value is -2.16. The Bertz CT molecular complexity index is 620. The monoisotopic (exact) mass is 255 g/mol. The average molecular weight is 255 g/mol. The zero-order valence-corrected chi connectivity index (χ0v) is 10.4. The quantitative estimate of drug-likeness (QED) is 0.883. The zero-order valence-electron chi connectivity index (χ0n) is 10.4. The van der Waals surface area contributed by atoms with Crippen LogP contribution in [-0.2, 0) is 0 Å². The minimum absolute atomic E-state index is 0.0769. The van der Waals surface area contributed by atoms with Crippen LogP contribution in [0.3, 0.4) is 0 Å². The van der Waals surface area contributed by atoms with Crippen LogP contribution in [0, 0.1) is 5.82 Å². The molecule has 0 heterocycles. The predicted octanol–water partition coefficient (Wildman–Crippen LogP) is 3.96. The molecule has 0 aliphatic heterocycles. The molecule has 3 rings (SSSR count). The van der Waals surface area contributed by atoms with Gasteiger partial charge < -0.3 is 5.32 Å². The highest BCUT2D eigenvalue weighted by molar-refractivity contribution is 6.04. The summed E-state index contributed by atoms with van der Waals surface area (Å²) in [5.41, 5.74) is 2.01. The first-order valence-corrected chi connectivity index (χ1v) is 6.40. The average Bonchev–Trinajstić information content (AvgIpc) is 3.24. The van der Waals surface area contributed by atoms with Gasteiger partial charge in [0.15, 0.2) is 0 Å². The normalized spacial score (nSPS) is 14.2. The van der Waals surface area contributed by atoms with E-state index in [1.807, 2.05) is 24.3 Å². The zero-order chi connectivity index (χ0) is 13.2. The molecule has 1 aliphatic carbocycles. The van der Waals surface area contributed by atoms with E-state index >= 15 is 0 Å². The van der Waals surface area contributed by atoms with Gasteiger partial charge in [0.2, 0.25) is 0 Å². The maximum Gasteiger partial charge on any atom is 0.258 e. The first-order valence-electron chi connectivity index (χ1n) is 6.40. The fraction of sp³-hybridized carbons (Fsp3) is 0.188. The molecule has 1 amide bonds. The molecule has 1 saturated carbocycles. The Morgan fingerprint density at radius 3 is 2.47 bits per heavy atom. The van der Waals surface area contributed by atoms with Crippen LogP contribution in [-0.4, -0.2) is 5.91 Å². The molecule has 2 aromatic carbocycles. The van der Waals surface area contributed by atoms with Gasteiger partial charge in [0.05, 0.1) is 5.56 Å². The van der Waals surface area contributed by atoms with Crippen LogP contribution in [0.1, 0.15) is 34.7 Å². The van der Waals surface area contributed by atoms with Crippen LogP contribution in [0.2, 0.25) is 0 Å². The highest BCUT2D eigenvalue weighted by Crippen LogP contribution is 2.43. The van der Waals surface area contributed by atoms with Gasteiger partial charge in [0.25, 0.3) is 5.91 Å². The number of anilines is 1. The van der Waals surface area contributed by atoms with Crippen molar-refractivity contribution in [1.29, 1.82) is 0 Å². The topological polar surface area (TPSA) is 29.1 Å². The number of hydrogen-bond acceptors (Lipinski definition) is 1. The summed E-state index contributed by atoms with van der Waals surface area (Å²) in [6.07, 6.45) is 2.32. The van der Waals surface area contributed by atoms with Crippen LogP contribution in [0.15, 0.2) is 48.5 Å². The highest BCUT2D eigenvalue weighted by atomic mass is 19.1. The molecule has 0 radical (unpaired) electrons. The van der Waals surface area contributed by atoms with E-state index in [0.29, 0.717) is 5.92 Å². The molecule has 1 aliphatic rings. The van der Waals surface area contributed by atoms with Crippen molar-refractivity contribution in [2.24, 2.45) is 0 Å². The lowest BCUT2D eigenvalue weighted by atomic mass is 10.1. The summed E-state index contributed by atoms with van der Waals surface area (Å²) in [6, 6.07) is 13.7. The van der Waals surface area contributed by atoms with E-state index in [2.05, 4.69) is 5.32 Å². The maximum absolute atomic E-state index is 13.6. The summed E-state index contributed by atoms with van der Waals surface area (Å²) in [6.45, 7) is 0. The molecule has 1 N–H and O–H groups in total. The van der Waals surface area contributed by atoms with E-state index in [9.17, 15) is 9.18 Å². The molecule has 0 aromatic heterocycles. The molecular formula is C16H14FNO. The van der Waals surface area contributed by atoms with E-state index < -0.39 is 11.7 Å². The summed E-state index contributed by atoms with van der Waals surface area (Å²) >= 11 is 0. The van der Waals surface area contributed by atoms with Crippen LogP contribution >= 0.6 is 0 Å². The molecule has 96 valence electrons. The summed E-state index contributed by atoms with van der Waals surface area (Å²) in [5, 5.41) is 2.81. The van der Waals surface area contributed by atoms with Gasteiger partial charge in [-0.2, -0.15) is 0 Å². The number of halogens is 1. The molecule has 0 bridgehead atoms. The Morgan fingerprint density at radius 1 is 1.05 bits per heavy atom. The molecular weight excluding hydrogens is 241 g/mol. The number of para-hydroxylation sites is 1. The second kappa shape index (κ2) is 4.84. The van der Waals surface area contributed by atoms with E-state index in [1.54, 1.807) is 12.1 Å². The van der Waals surface area contributed by atoms with E-state index in [4.69, 9.17) is 0 Å². The molecule has 2 nitrogen and oxygen atoms in total. The first kappa shape index (κ1) is 11.9. The van der Waals surface area contributed by atoms with Crippen LogP contribution in [0.5, 0.6) is 0 Å². The van der Waals surface area contributed by atoms with Gasteiger partial charge in [-0.05, 0) is 42.5 Å². The number of hydrogen-bond donors (Lipinski definition) is 1. The minimum atomic E-state index is -0.496. The molecule has 2 aromatic rings. The van der Waals surface area contributed by atoms with Crippen molar-refractivity contribution in [2.75, 3.05) is 5.32 Å². The van der Waals surface area contributed by atoms with Crippen molar-refractivity contribution in [2.45, 2.75) is 18.8 Å². The summed E-state index contributed by atoms with van der Waals surface area (Å²) in [4.78, 5) is 12.1. The molecule has 0 spiro atoms. The van der Waals surface area contributed by atoms with Gasteiger partial charge in [0.1, 0.15) is 5.82 Å². The summed E-state index contributed by atoms with van der Waals surface area (Å²) in [5.74, 6) is -0.354. The van der Waals surface area contributed by atoms with Crippen LogP contribution in [0.4, 0.5) is 10.1 Å². The Kier molecular flexibility index (Phi) is 3.03. The van der Waals surface area contributed by atoms with Gasteiger partial charge in [0, 0.05) is 5.69 Å². The first-order chi connectivity index (χ1) is 9.25. The van der Waals surface area contributed by atoms with Gasteiger partial charge in [-0.25, -0.2) is 4.39 Å². The molecule has 1 fully saturated rings. The largest absolute Gasteiger partial charge is 0.322 e. The number of benzene rings is 2. The Morgan fingerprint density at radius 2 is 1.74 bits per heavy atom. The number of carbonyl (C=O) groups excluding carboxylic acids is 1. The highest BCUT2D eigenvalue weighted by Gasteiger charge is 2.26. The fourth-order valence-corrected chi connectivity index (χ4v) is 2.20. The van der Waals surface area contributed by atoms with Gasteiger partial charge >= 0.3 is 0 Å².